The molecule has 2 rings (SSSR count). The van der Waals surface area contributed by atoms with E-state index in [0.717, 1.165) is 5.56 Å². The van der Waals surface area contributed by atoms with Crippen molar-refractivity contribution >= 4 is 11.8 Å². The van der Waals surface area contributed by atoms with E-state index in [-0.39, 0.29) is 25.0 Å². The Morgan fingerprint density at radius 3 is 2.95 bits per heavy atom. The van der Waals surface area contributed by atoms with Gasteiger partial charge in [-0.2, -0.15) is 0 Å². The van der Waals surface area contributed by atoms with Gasteiger partial charge in [-0.05, 0) is 24.5 Å². The monoisotopic (exact) mass is 311 g/mol. The summed E-state index contributed by atoms with van der Waals surface area (Å²) in [6.45, 7) is 0.630. The first-order valence-electron chi connectivity index (χ1n) is 7.37. The van der Waals surface area contributed by atoms with E-state index in [1.165, 1.54) is 0 Å². The number of halogens is 1. The average molecular weight is 311 g/mol. The zero-order valence-corrected chi connectivity index (χ0v) is 12.7. The Hall–Kier alpha value is -1.89. The van der Waals surface area contributed by atoms with E-state index in [1.54, 1.807) is 29.4 Å². The zero-order valence-electron chi connectivity index (χ0n) is 12.7. The van der Waals surface area contributed by atoms with Crippen LogP contribution in [-0.2, 0) is 16.0 Å². The van der Waals surface area contributed by atoms with Crippen LogP contribution in [-0.4, -0.2) is 60.5 Å². The third-order valence-electron chi connectivity index (χ3n) is 3.95. The van der Waals surface area contributed by atoms with Crippen molar-refractivity contribution in [3.05, 3.63) is 24.2 Å². The molecule has 0 spiro atoms. The van der Waals surface area contributed by atoms with Crippen LogP contribution in [0.2, 0.25) is 0 Å². The van der Waals surface area contributed by atoms with Crippen molar-refractivity contribution in [2.45, 2.75) is 31.5 Å². The highest BCUT2D eigenvalue weighted by molar-refractivity contribution is 5.76. The van der Waals surface area contributed by atoms with Gasteiger partial charge in [-0.3, -0.25) is 14.5 Å². The second-order valence-corrected chi connectivity index (χ2v) is 5.79. The number of carbonyl (C=O) groups is 2. The van der Waals surface area contributed by atoms with Gasteiger partial charge in [0.25, 0.3) is 0 Å². The summed E-state index contributed by atoms with van der Waals surface area (Å²) >= 11 is 0. The van der Waals surface area contributed by atoms with E-state index in [9.17, 15) is 14.0 Å². The van der Waals surface area contributed by atoms with E-state index < -0.39 is 12.1 Å². The summed E-state index contributed by atoms with van der Waals surface area (Å²) in [7, 11) is 1.70. The predicted octanol–water partition coefficient (Wildman–Crippen LogP) is 0.568. The molecule has 0 aliphatic carbocycles. The maximum atomic E-state index is 13.6. The van der Waals surface area contributed by atoms with Gasteiger partial charge in [-0.1, -0.05) is 0 Å². The molecule has 1 aromatic rings. The molecule has 2 heterocycles. The summed E-state index contributed by atoms with van der Waals surface area (Å²) in [5.41, 5.74) is 6.15. The molecule has 7 heteroatoms. The average Bonchev–Trinajstić information content (AvgIpc) is 3.06. The molecular formula is C15H22FN3O3. The Bertz CT molecular complexity index is 506. The fourth-order valence-electron chi connectivity index (χ4n) is 2.80. The zero-order chi connectivity index (χ0) is 16.1. The van der Waals surface area contributed by atoms with Crippen LogP contribution in [0.1, 0.15) is 18.4 Å². The van der Waals surface area contributed by atoms with Crippen LogP contribution < -0.4 is 5.73 Å². The Balaban J connectivity index is 1.82. The van der Waals surface area contributed by atoms with Gasteiger partial charge in [0.05, 0.1) is 19.1 Å². The Morgan fingerprint density at radius 1 is 1.55 bits per heavy atom. The normalized spacial score (nSPS) is 21.9. The Morgan fingerprint density at radius 2 is 2.32 bits per heavy atom. The number of likely N-dealkylation sites (N-methyl/N-ethyl adjacent to an activating group) is 1. The summed E-state index contributed by atoms with van der Waals surface area (Å²) in [5.74, 6) is -0.490. The van der Waals surface area contributed by atoms with Crippen molar-refractivity contribution in [3.63, 3.8) is 0 Å². The first-order chi connectivity index (χ1) is 10.5. The number of rotatable bonds is 7. The molecule has 2 atom stereocenters. The van der Waals surface area contributed by atoms with Crippen molar-refractivity contribution in [1.82, 2.24) is 9.80 Å². The number of primary amides is 1. The van der Waals surface area contributed by atoms with Crippen LogP contribution in [0.3, 0.4) is 0 Å². The lowest BCUT2D eigenvalue weighted by Crippen LogP contribution is -2.44. The smallest absolute Gasteiger partial charge is 0.231 e. The minimum absolute atomic E-state index is 0.0115. The van der Waals surface area contributed by atoms with Gasteiger partial charge in [0, 0.05) is 32.6 Å². The number of alkyl halides is 1. The van der Waals surface area contributed by atoms with Crippen molar-refractivity contribution < 1.29 is 18.4 Å². The summed E-state index contributed by atoms with van der Waals surface area (Å²) in [4.78, 5) is 26.5. The molecule has 122 valence electrons. The molecule has 2 amide bonds. The third kappa shape index (κ3) is 4.56. The number of nitrogens with two attached hydrogens (primary N) is 1. The summed E-state index contributed by atoms with van der Waals surface area (Å²) in [6.07, 6.45) is 3.53. The van der Waals surface area contributed by atoms with Gasteiger partial charge >= 0.3 is 0 Å². The molecule has 1 fully saturated rings. The van der Waals surface area contributed by atoms with Crippen LogP contribution in [0.5, 0.6) is 0 Å². The molecule has 6 nitrogen and oxygen atoms in total. The van der Waals surface area contributed by atoms with Crippen molar-refractivity contribution in [2.24, 2.45) is 5.73 Å². The van der Waals surface area contributed by atoms with Crippen molar-refractivity contribution in [2.75, 3.05) is 26.7 Å². The SMILES string of the molecule is CN(C[C@@H]1C[C@H](F)CN1CC(N)=O)C(=O)CCc1ccoc1. The highest BCUT2D eigenvalue weighted by atomic mass is 19.1. The van der Waals surface area contributed by atoms with E-state index in [0.29, 0.717) is 25.8 Å². The van der Waals surface area contributed by atoms with Gasteiger partial charge in [0.15, 0.2) is 0 Å². The van der Waals surface area contributed by atoms with Gasteiger partial charge in [0.1, 0.15) is 6.17 Å². The number of amides is 2. The number of nitrogens with zero attached hydrogens (tertiary/aromatic N) is 2. The largest absolute Gasteiger partial charge is 0.472 e. The number of hydrogen-bond donors (Lipinski definition) is 1. The maximum absolute atomic E-state index is 13.6. The first kappa shape index (κ1) is 16.5. The molecule has 0 bridgehead atoms. The summed E-state index contributed by atoms with van der Waals surface area (Å²) < 4.78 is 18.5. The first-order valence-corrected chi connectivity index (χ1v) is 7.37. The van der Waals surface area contributed by atoms with Gasteiger partial charge in [0.2, 0.25) is 11.8 Å². The highest BCUT2D eigenvalue weighted by Gasteiger charge is 2.34. The van der Waals surface area contributed by atoms with Crippen LogP contribution in [0.25, 0.3) is 0 Å². The molecule has 0 saturated carbocycles. The molecule has 22 heavy (non-hydrogen) atoms. The fourth-order valence-corrected chi connectivity index (χ4v) is 2.80. The lowest BCUT2D eigenvalue weighted by atomic mass is 10.1. The predicted molar refractivity (Wildman–Crippen MR) is 78.7 cm³/mol. The number of aryl methyl sites for hydroxylation is 1. The number of carbonyl (C=O) groups excluding carboxylic acids is 2. The highest BCUT2D eigenvalue weighted by Crippen LogP contribution is 2.21. The molecule has 1 aromatic heterocycles. The van der Waals surface area contributed by atoms with E-state index in [2.05, 4.69) is 0 Å². The minimum Gasteiger partial charge on any atom is -0.472 e. The lowest BCUT2D eigenvalue weighted by molar-refractivity contribution is -0.130. The molecule has 1 aliphatic rings. The van der Waals surface area contributed by atoms with Gasteiger partial charge < -0.3 is 15.1 Å². The standard InChI is InChI=1S/C15H22FN3O3/c1-18(15(21)3-2-11-4-5-22-10-11)8-13-6-12(16)7-19(13)9-14(17)20/h4-5,10,12-13H,2-3,6-9H2,1H3,(H2,17,20)/t12-,13-/m0/s1. The van der Waals surface area contributed by atoms with E-state index in [1.807, 2.05) is 6.07 Å². The van der Waals surface area contributed by atoms with Crippen LogP contribution >= 0.6 is 0 Å². The Kier molecular flexibility index (Phi) is 5.54. The number of hydrogen-bond acceptors (Lipinski definition) is 4. The van der Waals surface area contributed by atoms with Gasteiger partial charge in [-0.25, -0.2) is 4.39 Å². The number of furan rings is 1. The molecule has 0 unspecified atom stereocenters. The molecule has 1 saturated heterocycles. The maximum Gasteiger partial charge on any atom is 0.231 e. The van der Waals surface area contributed by atoms with Gasteiger partial charge in [-0.15, -0.1) is 0 Å². The minimum atomic E-state index is -0.973. The quantitative estimate of drug-likeness (QED) is 0.798. The Labute approximate surface area is 129 Å². The van der Waals surface area contributed by atoms with Crippen molar-refractivity contribution in [1.29, 1.82) is 0 Å². The van der Waals surface area contributed by atoms with Crippen molar-refractivity contribution in [3.8, 4) is 0 Å². The van der Waals surface area contributed by atoms with E-state index in [4.69, 9.17) is 10.2 Å². The van der Waals surface area contributed by atoms with E-state index >= 15 is 0 Å². The summed E-state index contributed by atoms with van der Waals surface area (Å²) in [6, 6.07) is 1.66. The van der Waals surface area contributed by atoms with Crippen LogP contribution in [0.4, 0.5) is 4.39 Å². The topological polar surface area (TPSA) is 79.8 Å². The molecule has 1 aliphatic heterocycles. The third-order valence-corrected chi connectivity index (χ3v) is 3.95. The summed E-state index contributed by atoms with van der Waals surface area (Å²) in [5, 5.41) is 0. The lowest BCUT2D eigenvalue weighted by Gasteiger charge is -2.27. The molecule has 0 radical (unpaired) electrons. The van der Waals surface area contributed by atoms with Crippen LogP contribution in [0.15, 0.2) is 23.0 Å². The number of likely N-dealkylation sites (tertiary alicyclic amines) is 1. The second kappa shape index (κ2) is 7.40. The van der Waals surface area contributed by atoms with Crippen LogP contribution in [0, 0.1) is 0 Å². The fraction of sp³-hybridized carbons (Fsp3) is 0.600. The molecule has 2 N–H and O–H groups in total. The molecular weight excluding hydrogens is 289 g/mol. The second-order valence-electron chi connectivity index (χ2n) is 5.79. The molecule has 0 aromatic carbocycles.